The summed E-state index contributed by atoms with van der Waals surface area (Å²) in [5.74, 6) is -1.37. The molecule has 1 saturated heterocycles. The molecule has 1 amide bonds. The molecule has 0 bridgehead atoms. The molecular weight excluding hydrogens is 603 g/mol. The van der Waals surface area contributed by atoms with Gasteiger partial charge in [-0.3, -0.25) is 9.59 Å². The maximum Gasteiger partial charge on any atom is 0.573 e. The quantitative estimate of drug-likeness (QED) is 0.245. The summed E-state index contributed by atoms with van der Waals surface area (Å²) in [6.07, 6.45) is -1.96. The molecule has 0 saturated carbocycles. The van der Waals surface area contributed by atoms with Crippen LogP contribution < -0.4 is 15.0 Å². The van der Waals surface area contributed by atoms with Crippen molar-refractivity contribution in [1.29, 1.82) is 0 Å². The number of rotatable bonds is 10. The molecule has 41 heavy (non-hydrogen) atoms. The Labute approximate surface area is 245 Å². The summed E-state index contributed by atoms with van der Waals surface area (Å²) in [5.41, 5.74) is 1.98. The molecule has 7 nitrogen and oxygen atoms in total. The number of pyridine rings is 1. The van der Waals surface area contributed by atoms with Gasteiger partial charge in [-0.05, 0) is 61.9 Å². The largest absolute Gasteiger partial charge is 0.573 e. The number of hydrogen-bond acceptors (Lipinski definition) is 5. The number of fused-ring (bicyclic) bond motifs is 1. The number of carboxylic acids is 1. The highest BCUT2D eigenvalue weighted by Gasteiger charge is 2.33. The first-order chi connectivity index (χ1) is 19.5. The highest BCUT2D eigenvalue weighted by Crippen LogP contribution is 2.35. The van der Waals surface area contributed by atoms with Crippen molar-refractivity contribution in [3.63, 3.8) is 0 Å². The van der Waals surface area contributed by atoms with Gasteiger partial charge in [-0.2, -0.15) is 0 Å². The van der Waals surface area contributed by atoms with Crippen LogP contribution in [0.2, 0.25) is 0 Å². The molecule has 2 heterocycles. The third-order valence-electron chi connectivity index (χ3n) is 7.59. The van der Waals surface area contributed by atoms with Crippen LogP contribution >= 0.6 is 15.9 Å². The molecule has 0 unspecified atom stereocenters. The molecule has 3 aromatic rings. The van der Waals surface area contributed by atoms with E-state index in [0.717, 1.165) is 42.6 Å². The molecule has 2 aromatic carbocycles. The minimum absolute atomic E-state index is 0.00685. The summed E-state index contributed by atoms with van der Waals surface area (Å²) in [4.78, 5) is 32.3. The van der Waals surface area contributed by atoms with Gasteiger partial charge in [0.15, 0.2) is 0 Å². The van der Waals surface area contributed by atoms with E-state index in [1.54, 1.807) is 6.07 Å². The lowest BCUT2D eigenvalue weighted by atomic mass is 9.92. The molecule has 1 aliphatic heterocycles. The van der Waals surface area contributed by atoms with Gasteiger partial charge in [0, 0.05) is 47.4 Å². The van der Waals surface area contributed by atoms with Crippen molar-refractivity contribution in [2.24, 2.45) is 5.92 Å². The van der Waals surface area contributed by atoms with Crippen molar-refractivity contribution in [2.75, 3.05) is 24.5 Å². The predicted molar refractivity (Wildman–Crippen MR) is 154 cm³/mol. The van der Waals surface area contributed by atoms with Crippen molar-refractivity contribution in [1.82, 2.24) is 10.3 Å². The maximum atomic E-state index is 13.8. The Morgan fingerprint density at radius 2 is 2.00 bits per heavy atom. The lowest BCUT2D eigenvalue weighted by Crippen LogP contribution is -2.37. The number of alkyl halides is 3. The van der Waals surface area contributed by atoms with E-state index in [2.05, 4.69) is 37.8 Å². The van der Waals surface area contributed by atoms with Gasteiger partial charge in [0.1, 0.15) is 11.6 Å². The summed E-state index contributed by atoms with van der Waals surface area (Å²) in [5, 5.41) is 12.8. The molecule has 0 radical (unpaired) electrons. The number of carboxylic acid groups (broad SMARTS) is 1. The Kier molecular flexibility index (Phi) is 9.78. The van der Waals surface area contributed by atoms with Gasteiger partial charge in [0.05, 0.1) is 11.1 Å². The molecule has 2 N–H and O–H groups in total. The van der Waals surface area contributed by atoms with E-state index in [1.807, 2.05) is 25.1 Å². The van der Waals surface area contributed by atoms with Crippen LogP contribution in [0.25, 0.3) is 10.9 Å². The average molecular weight is 637 g/mol. The van der Waals surface area contributed by atoms with Crippen LogP contribution in [-0.4, -0.2) is 48.0 Å². The molecule has 220 valence electrons. The summed E-state index contributed by atoms with van der Waals surface area (Å²) < 4.78 is 44.3. The number of nitrogens with one attached hydrogen (secondary N) is 1. The normalized spacial score (nSPS) is 16.4. The maximum absolute atomic E-state index is 13.8. The third-order valence-corrected chi connectivity index (χ3v) is 8.08. The fraction of sp³-hybridized carbons (Fsp3) is 0.433. The monoisotopic (exact) mass is 635 g/mol. The van der Waals surface area contributed by atoms with Gasteiger partial charge in [0.25, 0.3) is 5.91 Å². The zero-order chi connectivity index (χ0) is 29.7. The molecule has 11 heteroatoms. The zero-order valence-electron chi connectivity index (χ0n) is 22.9. The molecule has 1 aliphatic rings. The van der Waals surface area contributed by atoms with E-state index in [1.165, 1.54) is 18.2 Å². The number of piperidine rings is 1. The Morgan fingerprint density at radius 3 is 2.71 bits per heavy atom. The van der Waals surface area contributed by atoms with Crippen molar-refractivity contribution in [2.45, 2.75) is 58.2 Å². The van der Waals surface area contributed by atoms with Gasteiger partial charge in [-0.25, -0.2) is 4.98 Å². The predicted octanol–water partition coefficient (Wildman–Crippen LogP) is 7.21. The van der Waals surface area contributed by atoms with Gasteiger partial charge in [0.2, 0.25) is 0 Å². The lowest BCUT2D eigenvalue weighted by molar-refractivity contribution is -0.275. The number of ether oxygens (including phenoxy) is 1. The second-order valence-electron chi connectivity index (χ2n) is 10.4. The summed E-state index contributed by atoms with van der Waals surface area (Å²) in [6, 6.07) is 11.1. The van der Waals surface area contributed by atoms with Crippen molar-refractivity contribution < 1.29 is 32.6 Å². The smallest absolute Gasteiger partial charge is 0.481 e. The van der Waals surface area contributed by atoms with Gasteiger partial charge < -0.3 is 20.1 Å². The number of hydrogen-bond donors (Lipinski definition) is 2. The van der Waals surface area contributed by atoms with Gasteiger partial charge in [-0.15, -0.1) is 13.2 Å². The first-order valence-electron chi connectivity index (χ1n) is 13.7. The zero-order valence-corrected chi connectivity index (χ0v) is 24.5. The Bertz CT molecular complexity index is 1420. The highest BCUT2D eigenvalue weighted by atomic mass is 79.9. The Hall–Kier alpha value is -3.34. The second-order valence-corrected chi connectivity index (χ2v) is 11.3. The number of amides is 1. The summed E-state index contributed by atoms with van der Waals surface area (Å²) in [6.45, 7) is 5.63. The Balaban J connectivity index is 1.68. The van der Waals surface area contributed by atoms with E-state index in [9.17, 15) is 27.9 Å². The summed E-state index contributed by atoms with van der Waals surface area (Å²) >= 11 is 3.48. The molecule has 2 atom stereocenters. The summed E-state index contributed by atoms with van der Waals surface area (Å²) in [7, 11) is 0. The van der Waals surface area contributed by atoms with Crippen LogP contribution in [-0.2, 0) is 4.79 Å². The SMILES string of the molecule is CC[C@H]1CCCN(c2nc3ccc(Br)cc3c(C(=O)NC[C@@H](CCC(=O)O)c3ccccc3OC(F)(F)F)c2C)C1. The van der Waals surface area contributed by atoms with Crippen LogP contribution in [0.1, 0.15) is 66.4 Å². The van der Waals surface area contributed by atoms with Crippen LogP contribution in [0.15, 0.2) is 46.9 Å². The van der Waals surface area contributed by atoms with E-state index >= 15 is 0 Å². The van der Waals surface area contributed by atoms with Crippen LogP contribution in [0, 0.1) is 12.8 Å². The molecule has 0 aliphatic carbocycles. The van der Waals surface area contributed by atoms with Crippen LogP contribution in [0.5, 0.6) is 5.75 Å². The number of benzene rings is 2. The minimum Gasteiger partial charge on any atom is -0.481 e. The molecule has 1 fully saturated rings. The number of nitrogens with zero attached hydrogens (tertiary/aromatic N) is 2. The number of carbonyl (C=O) groups excluding carboxylic acids is 1. The van der Waals surface area contributed by atoms with Crippen molar-refractivity contribution >= 4 is 44.5 Å². The standard InChI is InChI=1S/C30H33BrF3N3O4/c1-3-19-7-6-14-37(17-19)28-18(2)27(23-15-21(31)11-12-24(23)36-28)29(40)35-16-20(10-13-26(38)39)22-8-4-5-9-25(22)41-30(32,33)34/h4-5,8-9,11-12,15,19-20H,3,6-7,10,13-14,16-17H2,1-2H3,(H,35,40)(H,38,39)/t19-,20+/m0/s1. The third kappa shape index (κ3) is 7.69. The van der Waals surface area contributed by atoms with Gasteiger partial charge >= 0.3 is 12.3 Å². The number of anilines is 1. The second kappa shape index (κ2) is 13.1. The molecule has 4 rings (SSSR count). The minimum atomic E-state index is -4.92. The Morgan fingerprint density at radius 1 is 1.24 bits per heavy atom. The number of aromatic nitrogens is 1. The van der Waals surface area contributed by atoms with Crippen LogP contribution in [0.3, 0.4) is 0 Å². The number of para-hydroxylation sites is 1. The topological polar surface area (TPSA) is 91.8 Å². The first kappa shape index (κ1) is 30.6. The van der Waals surface area contributed by atoms with Crippen molar-refractivity contribution in [3.05, 3.63) is 63.6 Å². The molecular formula is C30H33BrF3N3O4. The number of aliphatic carboxylic acids is 1. The van der Waals surface area contributed by atoms with Crippen molar-refractivity contribution in [3.8, 4) is 5.75 Å². The first-order valence-corrected chi connectivity index (χ1v) is 14.5. The highest BCUT2D eigenvalue weighted by molar-refractivity contribution is 9.10. The van der Waals surface area contributed by atoms with E-state index < -0.39 is 29.9 Å². The number of carbonyl (C=O) groups is 2. The van der Waals surface area contributed by atoms with E-state index in [4.69, 9.17) is 4.98 Å². The van der Waals surface area contributed by atoms with E-state index in [0.29, 0.717) is 27.9 Å². The average Bonchev–Trinajstić information content (AvgIpc) is 2.92. The molecule has 1 aromatic heterocycles. The van der Waals surface area contributed by atoms with Crippen LogP contribution in [0.4, 0.5) is 19.0 Å². The lowest BCUT2D eigenvalue weighted by Gasteiger charge is -2.34. The fourth-order valence-corrected chi connectivity index (χ4v) is 5.87. The molecule has 0 spiro atoms. The fourth-order valence-electron chi connectivity index (χ4n) is 5.51. The van der Waals surface area contributed by atoms with Gasteiger partial charge in [-0.1, -0.05) is 47.5 Å². The number of halogens is 4. The van der Waals surface area contributed by atoms with E-state index in [-0.39, 0.29) is 24.9 Å².